The minimum Gasteiger partial charge on any atom is -0.368 e. The summed E-state index contributed by atoms with van der Waals surface area (Å²) in [5.41, 5.74) is 1.57. The van der Waals surface area contributed by atoms with Gasteiger partial charge in [0.05, 0.1) is 0 Å². The molecule has 0 aliphatic carbocycles. The van der Waals surface area contributed by atoms with Crippen LogP contribution < -0.4 is 4.90 Å². The van der Waals surface area contributed by atoms with E-state index in [1.807, 2.05) is 29.2 Å². The van der Waals surface area contributed by atoms with Gasteiger partial charge in [0.15, 0.2) is 5.01 Å². The van der Waals surface area contributed by atoms with E-state index in [0.717, 1.165) is 23.8 Å². The van der Waals surface area contributed by atoms with Crippen molar-refractivity contribution in [2.24, 2.45) is 0 Å². The summed E-state index contributed by atoms with van der Waals surface area (Å²) in [6.07, 6.45) is 5.29. The maximum Gasteiger partial charge on any atom is 0.273 e. The SMILES string of the molecule is C#Cc1nc(C(=O)N2CCN(c3ccc(Cl)cc3)CC2)cs1. The molecule has 112 valence electrons. The Hall–Kier alpha value is -2.03. The predicted octanol–water partition coefficient (Wildman–Crippen LogP) is 2.74. The number of terminal acetylenes is 1. The zero-order valence-electron chi connectivity index (χ0n) is 11.8. The van der Waals surface area contributed by atoms with Crippen LogP contribution in [0.5, 0.6) is 0 Å². The van der Waals surface area contributed by atoms with Crippen LogP contribution in [0.1, 0.15) is 15.5 Å². The van der Waals surface area contributed by atoms with Gasteiger partial charge in [-0.05, 0) is 30.2 Å². The Labute approximate surface area is 138 Å². The number of halogens is 1. The molecule has 1 amide bonds. The normalized spacial score (nSPS) is 14.7. The van der Waals surface area contributed by atoms with E-state index in [4.69, 9.17) is 18.0 Å². The summed E-state index contributed by atoms with van der Waals surface area (Å²) in [5, 5.41) is 3.00. The topological polar surface area (TPSA) is 36.4 Å². The molecule has 0 spiro atoms. The van der Waals surface area contributed by atoms with Crippen molar-refractivity contribution in [1.82, 2.24) is 9.88 Å². The highest BCUT2D eigenvalue weighted by Gasteiger charge is 2.23. The van der Waals surface area contributed by atoms with E-state index in [9.17, 15) is 4.79 Å². The fourth-order valence-electron chi connectivity index (χ4n) is 2.42. The third kappa shape index (κ3) is 3.08. The van der Waals surface area contributed by atoms with Gasteiger partial charge in [-0.25, -0.2) is 4.98 Å². The van der Waals surface area contributed by atoms with Gasteiger partial charge in [0.1, 0.15) is 5.69 Å². The molecule has 0 N–H and O–H groups in total. The van der Waals surface area contributed by atoms with Crippen LogP contribution in [-0.4, -0.2) is 42.0 Å². The minimum atomic E-state index is -0.0477. The van der Waals surface area contributed by atoms with Crippen molar-refractivity contribution in [3.63, 3.8) is 0 Å². The lowest BCUT2D eigenvalue weighted by molar-refractivity contribution is 0.0741. The molecular formula is C16H14ClN3OS. The van der Waals surface area contributed by atoms with Gasteiger partial charge >= 0.3 is 0 Å². The number of benzene rings is 1. The van der Waals surface area contributed by atoms with Crippen LogP contribution in [0.15, 0.2) is 29.6 Å². The highest BCUT2D eigenvalue weighted by molar-refractivity contribution is 7.10. The molecule has 4 nitrogen and oxygen atoms in total. The molecular weight excluding hydrogens is 318 g/mol. The van der Waals surface area contributed by atoms with Gasteiger partial charge in [-0.15, -0.1) is 17.8 Å². The molecule has 2 heterocycles. The van der Waals surface area contributed by atoms with E-state index >= 15 is 0 Å². The number of rotatable bonds is 2. The minimum absolute atomic E-state index is 0.0477. The maximum atomic E-state index is 12.4. The Morgan fingerprint density at radius 3 is 2.50 bits per heavy atom. The summed E-state index contributed by atoms with van der Waals surface area (Å²) in [4.78, 5) is 20.6. The molecule has 2 aromatic rings. The summed E-state index contributed by atoms with van der Waals surface area (Å²) in [6.45, 7) is 2.92. The predicted molar refractivity (Wildman–Crippen MR) is 89.6 cm³/mol. The van der Waals surface area contributed by atoms with Gasteiger partial charge < -0.3 is 9.80 Å². The molecule has 0 atom stereocenters. The number of hydrogen-bond donors (Lipinski definition) is 0. The van der Waals surface area contributed by atoms with Crippen LogP contribution >= 0.6 is 22.9 Å². The lowest BCUT2D eigenvalue weighted by Crippen LogP contribution is -2.48. The third-order valence-electron chi connectivity index (χ3n) is 3.61. The number of hydrogen-bond acceptors (Lipinski definition) is 4. The summed E-state index contributed by atoms with van der Waals surface area (Å²) in [6, 6.07) is 7.76. The average molecular weight is 332 g/mol. The zero-order valence-corrected chi connectivity index (χ0v) is 13.4. The molecule has 1 aromatic heterocycles. The number of anilines is 1. The van der Waals surface area contributed by atoms with E-state index in [0.29, 0.717) is 23.8 Å². The van der Waals surface area contributed by atoms with E-state index in [-0.39, 0.29) is 5.91 Å². The first-order chi connectivity index (χ1) is 10.7. The highest BCUT2D eigenvalue weighted by Crippen LogP contribution is 2.20. The molecule has 1 saturated heterocycles. The smallest absolute Gasteiger partial charge is 0.273 e. The van der Waals surface area contributed by atoms with Gasteiger partial charge in [-0.1, -0.05) is 11.6 Å². The second-order valence-electron chi connectivity index (χ2n) is 4.94. The van der Waals surface area contributed by atoms with E-state index in [1.54, 1.807) is 5.38 Å². The number of nitrogens with zero attached hydrogens (tertiary/aromatic N) is 3. The first kappa shape index (κ1) is 14.9. The number of carbonyl (C=O) groups excluding carboxylic acids is 1. The highest BCUT2D eigenvalue weighted by atomic mass is 35.5. The molecule has 1 aliphatic rings. The molecule has 22 heavy (non-hydrogen) atoms. The fourth-order valence-corrected chi connectivity index (χ4v) is 3.14. The zero-order chi connectivity index (χ0) is 15.5. The van der Waals surface area contributed by atoms with Crippen LogP contribution in [-0.2, 0) is 0 Å². The Morgan fingerprint density at radius 1 is 1.23 bits per heavy atom. The van der Waals surface area contributed by atoms with Crippen molar-refractivity contribution in [3.8, 4) is 12.3 Å². The number of carbonyl (C=O) groups is 1. The quantitative estimate of drug-likeness (QED) is 0.794. The van der Waals surface area contributed by atoms with Crippen LogP contribution in [0.4, 0.5) is 5.69 Å². The van der Waals surface area contributed by atoms with Crippen molar-refractivity contribution in [1.29, 1.82) is 0 Å². The molecule has 0 radical (unpaired) electrons. The molecule has 0 unspecified atom stereocenters. The first-order valence-corrected chi connectivity index (χ1v) is 8.15. The van der Waals surface area contributed by atoms with Crippen LogP contribution in [0.2, 0.25) is 5.02 Å². The van der Waals surface area contributed by atoms with Gasteiger partial charge in [-0.3, -0.25) is 4.79 Å². The molecule has 0 saturated carbocycles. The molecule has 1 aromatic carbocycles. The number of amides is 1. The molecule has 6 heteroatoms. The maximum absolute atomic E-state index is 12.4. The Morgan fingerprint density at radius 2 is 1.91 bits per heavy atom. The number of thiazole rings is 1. The Balaban J connectivity index is 1.63. The van der Waals surface area contributed by atoms with Crippen LogP contribution in [0.3, 0.4) is 0 Å². The average Bonchev–Trinajstić information content (AvgIpc) is 3.04. The Kier molecular flexibility index (Phi) is 4.32. The van der Waals surface area contributed by atoms with Crippen molar-refractivity contribution >= 4 is 34.5 Å². The van der Waals surface area contributed by atoms with Crippen LogP contribution in [0.25, 0.3) is 0 Å². The number of aromatic nitrogens is 1. The standard InChI is InChI=1S/C16H14ClN3OS/c1-2-15-18-14(11-22-15)16(21)20-9-7-19(8-10-20)13-5-3-12(17)4-6-13/h1,3-6,11H,7-10H2. The lowest BCUT2D eigenvalue weighted by Gasteiger charge is -2.35. The van der Waals surface area contributed by atoms with Gasteiger partial charge in [-0.2, -0.15) is 0 Å². The van der Waals surface area contributed by atoms with Crippen LogP contribution in [0, 0.1) is 12.3 Å². The summed E-state index contributed by atoms with van der Waals surface area (Å²) in [5.74, 6) is 2.41. The van der Waals surface area contributed by atoms with Gasteiger partial charge in [0, 0.05) is 42.3 Å². The molecule has 1 aliphatic heterocycles. The van der Waals surface area contributed by atoms with Gasteiger partial charge in [0.2, 0.25) is 0 Å². The summed E-state index contributed by atoms with van der Waals surface area (Å²) in [7, 11) is 0. The van der Waals surface area contributed by atoms with Gasteiger partial charge in [0.25, 0.3) is 5.91 Å². The molecule has 1 fully saturated rings. The van der Waals surface area contributed by atoms with E-state index in [1.165, 1.54) is 11.3 Å². The first-order valence-electron chi connectivity index (χ1n) is 6.89. The monoisotopic (exact) mass is 331 g/mol. The Bertz CT molecular complexity index is 712. The third-order valence-corrected chi connectivity index (χ3v) is 4.63. The van der Waals surface area contributed by atoms with Crippen molar-refractivity contribution < 1.29 is 4.79 Å². The van der Waals surface area contributed by atoms with E-state index < -0.39 is 0 Å². The molecule has 3 rings (SSSR count). The summed E-state index contributed by atoms with van der Waals surface area (Å²) >= 11 is 7.23. The second kappa shape index (κ2) is 6.39. The largest absolute Gasteiger partial charge is 0.368 e. The summed E-state index contributed by atoms with van der Waals surface area (Å²) < 4.78 is 0. The number of piperazine rings is 1. The van der Waals surface area contributed by atoms with Crippen molar-refractivity contribution in [2.75, 3.05) is 31.1 Å². The van der Waals surface area contributed by atoms with Crippen molar-refractivity contribution in [2.45, 2.75) is 0 Å². The fraction of sp³-hybridized carbons (Fsp3) is 0.250. The lowest BCUT2D eigenvalue weighted by atomic mass is 10.2. The van der Waals surface area contributed by atoms with Crippen molar-refractivity contribution in [3.05, 3.63) is 45.4 Å². The second-order valence-corrected chi connectivity index (χ2v) is 6.23. The van der Waals surface area contributed by atoms with E-state index in [2.05, 4.69) is 15.8 Å². The molecule has 0 bridgehead atoms.